The summed E-state index contributed by atoms with van der Waals surface area (Å²) in [6.45, 7) is 2.15. The quantitative estimate of drug-likeness (QED) is 0.530. The Morgan fingerprint density at radius 2 is 1.96 bits per heavy atom. The number of benzene rings is 2. The molecule has 2 heterocycles. The van der Waals surface area contributed by atoms with Crippen molar-refractivity contribution in [3.63, 3.8) is 0 Å². The van der Waals surface area contributed by atoms with Gasteiger partial charge in [0.1, 0.15) is 4.83 Å². The summed E-state index contributed by atoms with van der Waals surface area (Å²) in [5.74, 6) is -0.243. The molecule has 28 heavy (non-hydrogen) atoms. The number of nitrogens with zero attached hydrogens (tertiary/aromatic N) is 2. The van der Waals surface area contributed by atoms with Crippen LogP contribution in [0.1, 0.15) is 20.8 Å². The number of rotatable bonds is 4. The lowest BCUT2D eigenvalue weighted by Crippen LogP contribution is -2.21. The summed E-state index contributed by atoms with van der Waals surface area (Å²) >= 11 is 7.26. The van der Waals surface area contributed by atoms with Crippen molar-refractivity contribution in [1.82, 2.24) is 9.55 Å². The van der Waals surface area contributed by atoms with E-state index in [0.717, 1.165) is 5.56 Å². The molecule has 0 bridgehead atoms. The number of aromatic nitrogens is 2. The van der Waals surface area contributed by atoms with Gasteiger partial charge in [0, 0.05) is 10.7 Å². The van der Waals surface area contributed by atoms with Gasteiger partial charge in [-0.3, -0.25) is 14.2 Å². The van der Waals surface area contributed by atoms with Gasteiger partial charge < -0.3 is 5.32 Å². The normalized spacial score (nSPS) is 10.9. The SMILES string of the molecule is Cc1c(C(=O)Nc2ccccc2)sc2ncn(Cc3cccc(Cl)c3)c(=O)c12. The summed E-state index contributed by atoms with van der Waals surface area (Å²) in [5.41, 5.74) is 2.09. The molecule has 2 aromatic heterocycles. The molecule has 2 aromatic carbocycles. The van der Waals surface area contributed by atoms with Gasteiger partial charge in [-0.25, -0.2) is 4.98 Å². The van der Waals surface area contributed by atoms with Crippen LogP contribution in [0.4, 0.5) is 5.69 Å². The lowest BCUT2D eigenvalue weighted by atomic mass is 10.2. The Morgan fingerprint density at radius 3 is 2.71 bits per heavy atom. The van der Waals surface area contributed by atoms with E-state index in [1.165, 1.54) is 22.2 Å². The van der Waals surface area contributed by atoms with Crippen LogP contribution in [-0.4, -0.2) is 15.5 Å². The van der Waals surface area contributed by atoms with Crippen molar-refractivity contribution < 1.29 is 4.79 Å². The molecule has 0 aliphatic carbocycles. The first-order chi connectivity index (χ1) is 13.5. The van der Waals surface area contributed by atoms with E-state index >= 15 is 0 Å². The van der Waals surface area contributed by atoms with E-state index in [9.17, 15) is 9.59 Å². The van der Waals surface area contributed by atoms with Gasteiger partial charge >= 0.3 is 0 Å². The van der Waals surface area contributed by atoms with Crippen LogP contribution in [0.2, 0.25) is 5.02 Å². The number of nitrogens with one attached hydrogen (secondary N) is 1. The van der Waals surface area contributed by atoms with Crippen molar-refractivity contribution in [2.45, 2.75) is 13.5 Å². The highest BCUT2D eigenvalue weighted by molar-refractivity contribution is 7.20. The van der Waals surface area contributed by atoms with Crippen LogP contribution in [0.5, 0.6) is 0 Å². The third kappa shape index (κ3) is 3.56. The monoisotopic (exact) mass is 409 g/mol. The molecular formula is C21H16ClN3O2S. The molecule has 4 aromatic rings. The summed E-state index contributed by atoms with van der Waals surface area (Å²) in [6, 6.07) is 16.6. The molecule has 7 heteroatoms. The van der Waals surface area contributed by atoms with Crippen LogP contribution in [0, 0.1) is 6.92 Å². The maximum absolute atomic E-state index is 13.0. The zero-order valence-corrected chi connectivity index (χ0v) is 16.6. The van der Waals surface area contributed by atoms with Crippen molar-refractivity contribution >= 4 is 44.7 Å². The summed E-state index contributed by atoms with van der Waals surface area (Å²) in [5, 5.41) is 3.96. The zero-order valence-electron chi connectivity index (χ0n) is 15.0. The molecule has 0 unspecified atom stereocenters. The second kappa shape index (κ2) is 7.58. The summed E-state index contributed by atoms with van der Waals surface area (Å²) < 4.78 is 1.53. The molecule has 4 rings (SSSR count). The van der Waals surface area contributed by atoms with Crippen LogP contribution in [0.15, 0.2) is 65.7 Å². The fourth-order valence-corrected chi connectivity index (χ4v) is 4.28. The van der Waals surface area contributed by atoms with Gasteiger partial charge in [0.05, 0.1) is 23.1 Å². The van der Waals surface area contributed by atoms with Gasteiger partial charge in [-0.2, -0.15) is 0 Å². The number of halogens is 1. The van der Waals surface area contributed by atoms with E-state index in [0.29, 0.717) is 37.9 Å². The van der Waals surface area contributed by atoms with Crippen LogP contribution in [0.3, 0.4) is 0 Å². The third-order valence-corrected chi connectivity index (χ3v) is 5.83. The molecule has 140 valence electrons. The first-order valence-electron chi connectivity index (χ1n) is 8.62. The Hall–Kier alpha value is -2.96. The zero-order chi connectivity index (χ0) is 19.7. The van der Waals surface area contributed by atoms with Gasteiger partial charge in [0.25, 0.3) is 11.5 Å². The number of para-hydroxylation sites is 1. The molecule has 1 N–H and O–H groups in total. The van der Waals surface area contributed by atoms with Crippen LogP contribution < -0.4 is 10.9 Å². The van der Waals surface area contributed by atoms with E-state index < -0.39 is 0 Å². The van der Waals surface area contributed by atoms with Gasteiger partial charge in [-0.15, -0.1) is 11.3 Å². The molecule has 0 atom stereocenters. The van der Waals surface area contributed by atoms with Crippen LogP contribution >= 0.6 is 22.9 Å². The third-order valence-electron chi connectivity index (χ3n) is 4.40. The number of thiophene rings is 1. The molecule has 0 aliphatic heterocycles. The van der Waals surface area contributed by atoms with Crippen LogP contribution in [-0.2, 0) is 6.54 Å². The largest absolute Gasteiger partial charge is 0.321 e. The predicted molar refractivity (Wildman–Crippen MR) is 114 cm³/mol. The van der Waals surface area contributed by atoms with Gasteiger partial charge in [-0.1, -0.05) is 41.9 Å². The molecule has 1 amide bonds. The van der Waals surface area contributed by atoms with Crippen molar-refractivity contribution in [3.05, 3.63) is 92.3 Å². The Morgan fingerprint density at radius 1 is 1.18 bits per heavy atom. The average molecular weight is 410 g/mol. The van der Waals surface area contributed by atoms with Crippen molar-refractivity contribution in [2.24, 2.45) is 0 Å². The Bertz CT molecular complexity index is 1230. The minimum absolute atomic E-state index is 0.169. The molecule has 0 saturated heterocycles. The topological polar surface area (TPSA) is 64.0 Å². The molecule has 5 nitrogen and oxygen atoms in total. The molecular weight excluding hydrogens is 394 g/mol. The van der Waals surface area contributed by atoms with Crippen LogP contribution in [0.25, 0.3) is 10.2 Å². The van der Waals surface area contributed by atoms with Gasteiger partial charge in [0.2, 0.25) is 0 Å². The second-order valence-corrected chi connectivity index (χ2v) is 7.80. The second-order valence-electron chi connectivity index (χ2n) is 6.36. The summed E-state index contributed by atoms with van der Waals surface area (Å²) in [4.78, 5) is 31.1. The van der Waals surface area contributed by atoms with E-state index in [-0.39, 0.29) is 11.5 Å². The fourth-order valence-electron chi connectivity index (χ4n) is 3.03. The number of carbonyl (C=O) groups excluding carboxylic acids is 1. The first kappa shape index (κ1) is 18.4. The minimum atomic E-state index is -0.243. The maximum atomic E-state index is 13.0. The highest BCUT2D eigenvalue weighted by Crippen LogP contribution is 2.27. The Labute approximate surface area is 170 Å². The average Bonchev–Trinajstić information content (AvgIpc) is 3.02. The number of hydrogen-bond acceptors (Lipinski definition) is 4. The highest BCUT2D eigenvalue weighted by atomic mass is 35.5. The van der Waals surface area contributed by atoms with E-state index in [1.54, 1.807) is 13.0 Å². The predicted octanol–water partition coefficient (Wildman–Crippen LogP) is 4.72. The molecule has 0 radical (unpaired) electrons. The van der Waals surface area contributed by atoms with E-state index in [4.69, 9.17) is 11.6 Å². The number of fused-ring (bicyclic) bond motifs is 1. The molecule has 0 fully saturated rings. The molecule has 0 aliphatic rings. The molecule has 0 saturated carbocycles. The smallest absolute Gasteiger partial charge is 0.266 e. The number of aryl methyl sites for hydroxylation is 1. The lowest BCUT2D eigenvalue weighted by Gasteiger charge is -2.06. The Kier molecular flexibility index (Phi) is 4.98. The summed E-state index contributed by atoms with van der Waals surface area (Å²) in [7, 11) is 0. The Balaban J connectivity index is 1.70. The number of anilines is 1. The van der Waals surface area contributed by atoms with Gasteiger partial charge in [-0.05, 0) is 42.3 Å². The highest BCUT2D eigenvalue weighted by Gasteiger charge is 2.19. The summed E-state index contributed by atoms with van der Waals surface area (Å²) in [6.07, 6.45) is 1.51. The fraction of sp³-hybridized carbons (Fsp3) is 0.0952. The van der Waals surface area contributed by atoms with Crippen molar-refractivity contribution in [3.8, 4) is 0 Å². The lowest BCUT2D eigenvalue weighted by molar-refractivity contribution is 0.103. The van der Waals surface area contributed by atoms with E-state index in [1.807, 2.05) is 48.5 Å². The molecule has 0 spiro atoms. The number of hydrogen-bond donors (Lipinski definition) is 1. The minimum Gasteiger partial charge on any atom is -0.321 e. The standard InChI is InChI=1S/C21H16ClN3O2S/c1-13-17-20(28-18(13)19(26)24-16-8-3-2-4-9-16)23-12-25(21(17)27)11-14-6-5-7-15(22)10-14/h2-10,12H,11H2,1H3,(H,24,26). The maximum Gasteiger partial charge on any atom is 0.266 e. The number of amides is 1. The van der Waals surface area contributed by atoms with Crippen molar-refractivity contribution in [1.29, 1.82) is 0 Å². The first-order valence-corrected chi connectivity index (χ1v) is 9.82. The van der Waals surface area contributed by atoms with Gasteiger partial charge in [0.15, 0.2) is 0 Å². The number of carbonyl (C=O) groups is 1. The van der Waals surface area contributed by atoms with Crippen molar-refractivity contribution in [2.75, 3.05) is 5.32 Å². The van der Waals surface area contributed by atoms with E-state index in [2.05, 4.69) is 10.3 Å².